The van der Waals surface area contributed by atoms with E-state index in [1.165, 1.54) is 11.8 Å². The second-order valence-corrected chi connectivity index (χ2v) is 8.83. The van der Waals surface area contributed by atoms with E-state index in [-0.39, 0.29) is 22.3 Å². The van der Waals surface area contributed by atoms with Crippen LogP contribution in [-0.4, -0.2) is 26.2 Å². The summed E-state index contributed by atoms with van der Waals surface area (Å²) in [5.41, 5.74) is 0.257. The van der Waals surface area contributed by atoms with Crippen LogP contribution < -0.4 is 10.9 Å². The Morgan fingerprint density at radius 1 is 1.42 bits per heavy atom. The maximum atomic E-state index is 12.7. The summed E-state index contributed by atoms with van der Waals surface area (Å²) in [6.07, 6.45) is 0. The number of hydrogen-bond donors (Lipinski definition) is 1. The number of rotatable bonds is 4. The number of thioether (sulfide) groups is 1. The lowest BCUT2D eigenvalue weighted by Gasteiger charge is -2.23. The molecule has 0 radical (unpaired) electrons. The summed E-state index contributed by atoms with van der Waals surface area (Å²) in [5, 5.41) is 3.74. The number of carbonyl (C=O) groups excluding carboxylic acids is 1. The summed E-state index contributed by atoms with van der Waals surface area (Å²) in [4.78, 5) is 29.6. The number of fused-ring (bicyclic) bond motifs is 1. The Labute approximate surface area is 154 Å². The minimum atomic E-state index is -0.346. The fourth-order valence-electron chi connectivity index (χ4n) is 2.22. The van der Waals surface area contributed by atoms with Crippen LogP contribution in [-0.2, 0) is 11.3 Å². The zero-order valence-electron chi connectivity index (χ0n) is 14.5. The number of halogens is 1. The van der Waals surface area contributed by atoms with Crippen LogP contribution in [0.3, 0.4) is 0 Å². The SMILES string of the molecule is CCn1c(SC(C)C(=O)NC(C)(C)C)nc2ccc(Br)cc2c1=O. The minimum Gasteiger partial charge on any atom is -0.351 e. The van der Waals surface area contributed by atoms with Crippen molar-refractivity contribution in [2.24, 2.45) is 0 Å². The summed E-state index contributed by atoms with van der Waals surface area (Å²) in [7, 11) is 0. The molecule has 1 aromatic heterocycles. The standard InChI is InChI=1S/C17H22BrN3O2S/c1-6-21-15(23)12-9-11(18)7-8-13(12)19-16(21)24-10(2)14(22)20-17(3,4)5/h7-10H,6H2,1-5H3,(H,20,22). The third kappa shape index (κ3) is 4.39. The van der Waals surface area contributed by atoms with Crippen LogP contribution in [0, 0.1) is 0 Å². The normalized spacial score (nSPS) is 13.1. The Kier molecular flexibility index (Phi) is 5.75. The number of carbonyl (C=O) groups is 1. The molecular formula is C17H22BrN3O2S. The van der Waals surface area contributed by atoms with Gasteiger partial charge in [0.15, 0.2) is 5.16 Å². The average Bonchev–Trinajstić information content (AvgIpc) is 2.46. The van der Waals surface area contributed by atoms with Crippen molar-refractivity contribution in [3.05, 3.63) is 33.0 Å². The van der Waals surface area contributed by atoms with Crippen LogP contribution in [0.2, 0.25) is 0 Å². The highest BCUT2D eigenvalue weighted by Crippen LogP contribution is 2.24. The van der Waals surface area contributed by atoms with Gasteiger partial charge in [0.2, 0.25) is 5.91 Å². The van der Waals surface area contributed by atoms with Crippen molar-refractivity contribution in [3.63, 3.8) is 0 Å². The van der Waals surface area contributed by atoms with Gasteiger partial charge in [-0.1, -0.05) is 27.7 Å². The van der Waals surface area contributed by atoms with Gasteiger partial charge in [-0.05, 0) is 52.8 Å². The summed E-state index contributed by atoms with van der Waals surface area (Å²) >= 11 is 4.69. The van der Waals surface area contributed by atoms with Gasteiger partial charge in [0.05, 0.1) is 16.2 Å². The molecule has 0 spiro atoms. The van der Waals surface area contributed by atoms with Crippen LogP contribution in [0.25, 0.3) is 10.9 Å². The van der Waals surface area contributed by atoms with E-state index in [1.54, 1.807) is 10.6 Å². The number of nitrogens with one attached hydrogen (secondary N) is 1. The molecule has 0 aliphatic carbocycles. The molecule has 7 heteroatoms. The number of amides is 1. The second-order valence-electron chi connectivity index (χ2n) is 6.60. The Morgan fingerprint density at radius 3 is 2.67 bits per heavy atom. The lowest BCUT2D eigenvalue weighted by molar-refractivity contribution is -0.121. The highest BCUT2D eigenvalue weighted by Gasteiger charge is 2.22. The van der Waals surface area contributed by atoms with Crippen molar-refractivity contribution in [2.75, 3.05) is 0 Å². The summed E-state index contributed by atoms with van der Waals surface area (Å²) in [6, 6.07) is 5.45. The first-order chi connectivity index (χ1) is 11.1. The van der Waals surface area contributed by atoms with Gasteiger partial charge in [-0.2, -0.15) is 0 Å². The van der Waals surface area contributed by atoms with Crippen LogP contribution in [0.1, 0.15) is 34.6 Å². The molecule has 1 atom stereocenters. The number of hydrogen-bond acceptors (Lipinski definition) is 4. The molecule has 5 nitrogen and oxygen atoms in total. The molecule has 1 aromatic carbocycles. The fourth-order valence-corrected chi connectivity index (χ4v) is 3.56. The van der Waals surface area contributed by atoms with Gasteiger partial charge < -0.3 is 5.32 Å². The first-order valence-electron chi connectivity index (χ1n) is 7.81. The van der Waals surface area contributed by atoms with Crippen molar-refractivity contribution in [1.82, 2.24) is 14.9 Å². The molecule has 0 saturated heterocycles. The summed E-state index contributed by atoms with van der Waals surface area (Å²) < 4.78 is 2.45. The van der Waals surface area contributed by atoms with E-state index < -0.39 is 0 Å². The molecule has 24 heavy (non-hydrogen) atoms. The van der Waals surface area contributed by atoms with Crippen LogP contribution in [0.5, 0.6) is 0 Å². The molecule has 130 valence electrons. The maximum Gasteiger partial charge on any atom is 0.262 e. The van der Waals surface area contributed by atoms with Crippen molar-refractivity contribution < 1.29 is 4.79 Å². The van der Waals surface area contributed by atoms with Crippen LogP contribution in [0.4, 0.5) is 0 Å². The van der Waals surface area contributed by atoms with Crippen molar-refractivity contribution in [2.45, 2.75) is 57.1 Å². The van der Waals surface area contributed by atoms with Crippen molar-refractivity contribution >= 4 is 44.5 Å². The molecule has 2 rings (SSSR count). The van der Waals surface area contributed by atoms with Crippen LogP contribution in [0.15, 0.2) is 32.6 Å². The van der Waals surface area contributed by atoms with Gasteiger partial charge in [0.25, 0.3) is 5.56 Å². The smallest absolute Gasteiger partial charge is 0.262 e. The predicted octanol–water partition coefficient (Wildman–Crippen LogP) is 3.57. The molecule has 0 aliphatic rings. The van der Waals surface area contributed by atoms with Crippen molar-refractivity contribution in [1.29, 1.82) is 0 Å². The Morgan fingerprint density at radius 2 is 2.08 bits per heavy atom. The predicted molar refractivity (Wildman–Crippen MR) is 103 cm³/mol. The van der Waals surface area contributed by atoms with Gasteiger partial charge in [-0.25, -0.2) is 4.98 Å². The quantitative estimate of drug-likeness (QED) is 0.616. The fraction of sp³-hybridized carbons (Fsp3) is 0.471. The largest absolute Gasteiger partial charge is 0.351 e. The van der Waals surface area contributed by atoms with Gasteiger partial charge in [0, 0.05) is 16.6 Å². The minimum absolute atomic E-state index is 0.0692. The zero-order chi connectivity index (χ0) is 18.1. The lowest BCUT2D eigenvalue weighted by Crippen LogP contribution is -2.44. The molecule has 0 aliphatic heterocycles. The summed E-state index contributed by atoms with van der Waals surface area (Å²) in [5.74, 6) is -0.0692. The maximum absolute atomic E-state index is 12.7. The van der Waals surface area contributed by atoms with Gasteiger partial charge in [0.1, 0.15) is 0 Å². The molecule has 1 unspecified atom stereocenters. The first-order valence-corrected chi connectivity index (χ1v) is 9.48. The van der Waals surface area contributed by atoms with Crippen LogP contribution >= 0.6 is 27.7 Å². The molecule has 2 aromatic rings. The van der Waals surface area contributed by atoms with E-state index >= 15 is 0 Å². The lowest BCUT2D eigenvalue weighted by atomic mass is 10.1. The van der Waals surface area contributed by atoms with E-state index in [4.69, 9.17) is 0 Å². The second kappa shape index (κ2) is 7.27. The topological polar surface area (TPSA) is 64.0 Å². The number of aromatic nitrogens is 2. The number of benzene rings is 1. The Hall–Kier alpha value is -1.34. The Balaban J connectivity index is 2.40. The molecule has 0 saturated carbocycles. The van der Waals surface area contributed by atoms with Gasteiger partial charge in [-0.15, -0.1) is 0 Å². The first kappa shape index (κ1) is 19.0. The molecule has 0 bridgehead atoms. The Bertz CT molecular complexity index is 827. The monoisotopic (exact) mass is 411 g/mol. The highest BCUT2D eigenvalue weighted by atomic mass is 79.9. The van der Waals surface area contributed by atoms with E-state index in [0.717, 1.165) is 4.47 Å². The third-order valence-corrected chi connectivity index (χ3v) is 4.93. The molecule has 1 N–H and O–H groups in total. The van der Waals surface area contributed by atoms with E-state index in [0.29, 0.717) is 22.6 Å². The van der Waals surface area contributed by atoms with Gasteiger partial charge >= 0.3 is 0 Å². The average molecular weight is 412 g/mol. The van der Waals surface area contributed by atoms with E-state index in [1.807, 2.05) is 46.8 Å². The molecule has 0 fully saturated rings. The van der Waals surface area contributed by atoms with Gasteiger partial charge in [-0.3, -0.25) is 14.2 Å². The van der Waals surface area contributed by atoms with E-state index in [9.17, 15) is 9.59 Å². The molecule has 1 heterocycles. The third-order valence-electron chi connectivity index (χ3n) is 3.35. The molecule has 1 amide bonds. The van der Waals surface area contributed by atoms with Crippen molar-refractivity contribution in [3.8, 4) is 0 Å². The van der Waals surface area contributed by atoms with E-state index in [2.05, 4.69) is 26.2 Å². The zero-order valence-corrected chi connectivity index (χ0v) is 16.9. The summed E-state index contributed by atoms with van der Waals surface area (Å²) in [6.45, 7) is 10.0. The number of nitrogens with zero attached hydrogens (tertiary/aromatic N) is 2. The molecular weight excluding hydrogens is 390 g/mol. The highest BCUT2D eigenvalue weighted by molar-refractivity contribution is 9.10.